The molecule has 0 aliphatic heterocycles. The van der Waals surface area contributed by atoms with Crippen LogP contribution in [0.4, 0.5) is 0 Å². The van der Waals surface area contributed by atoms with Crippen molar-refractivity contribution >= 4 is 65.4 Å². The third-order valence-corrected chi connectivity index (χ3v) is 10.7. The van der Waals surface area contributed by atoms with Crippen LogP contribution in [0.15, 0.2) is 170 Å². The highest BCUT2D eigenvalue weighted by Crippen LogP contribution is 2.51. The molecule has 0 radical (unpaired) electrons. The molecule has 0 aliphatic rings. The quantitative estimate of drug-likeness (QED) is 0.170. The van der Waals surface area contributed by atoms with Crippen molar-refractivity contribution in [3.05, 3.63) is 170 Å². The Morgan fingerprint density at radius 2 is 0.706 bits per heavy atom. The van der Waals surface area contributed by atoms with Crippen molar-refractivity contribution in [2.75, 3.05) is 0 Å². The Balaban J connectivity index is 1.38. The number of H-pyrrole nitrogens is 3. The van der Waals surface area contributed by atoms with Crippen molar-refractivity contribution in [2.45, 2.75) is 0 Å². The lowest BCUT2D eigenvalue weighted by Crippen LogP contribution is -1.96. The summed E-state index contributed by atoms with van der Waals surface area (Å²) in [6.45, 7) is 0. The van der Waals surface area contributed by atoms with E-state index in [1.54, 1.807) is 0 Å². The molecule has 0 atom stereocenters. The standard InChI is InChI=1S/C48H31N3/c1-2-14-29(15-3-1)30-16-4-5-20-34(30)45-44(38-24-13-22-36-32-18-7-10-26-42(32)50-47(36)38)39(28-40-33-19-8-11-27-43(33)51-48(40)45)37-23-12-21-35-31-17-6-9-25-41(31)49-46(35)37/h1-28,49-51H. The largest absolute Gasteiger partial charge is 0.354 e. The lowest BCUT2D eigenvalue weighted by Gasteiger charge is -2.21. The lowest BCUT2D eigenvalue weighted by atomic mass is 9.82. The Morgan fingerprint density at radius 1 is 0.255 bits per heavy atom. The molecule has 0 bridgehead atoms. The topological polar surface area (TPSA) is 47.4 Å². The zero-order valence-corrected chi connectivity index (χ0v) is 27.7. The Bertz CT molecular complexity index is 3140. The van der Waals surface area contributed by atoms with Crippen LogP contribution in [0.1, 0.15) is 0 Å². The number of hydrogen-bond donors (Lipinski definition) is 3. The molecule has 3 nitrogen and oxygen atoms in total. The first-order valence-electron chi connectivity index (χ1n) is 17.5. The van der Waals surface area contributed by atoms with Gasteiger partial charge < -0.3 is 15.0 Å². The van der Waals surface area contributed by atoms with Crippen molar-refractivity contribution < 1.29 is 0 Å². The zero-order chi connectivity index (χ0) is 33.5. The minimum Gasteiger partial charge on any atom is -0.354 e. The van der Waals surface area contributed by atoms with Gasteiger partial charge in [-0.05, 0) is 46.5 Å². The molecule has 3 N–H and O–H groups in total. The summed E-state index contributed by atoms with van der Waals surface area (Å²) in [5, 5.41) is 7.33. The molecule has 3 aromatic heterocycles. The zero-order valence-electron chi connectivity index (χ0n) is 27.7. The number of rotatable bonds is 4. The maximum Gasteiger partial charge on any atom is 0.0551 e. The number of fused-ring (bicyclic) bond motifs is 9. The predicted octanol–water partition coefficient (Wildman–Crippen LogP) is 13.3. The molecule has 0 amide bonds. The van der Waals surface area contributed by atoms with E-state index in [1.165, 1.54) is 76.8 Å². The van der Waals surface area contributed by atoms with Gasteiger partial charge in [0.1, 0.15) is 0 Å². The molecule has 51 heavy (non-hydrogen) atoms. The van der Waals surface area contributed by atoms with Gasteiger partial charge in [-0.3, -0.25) is 0 Å². The fourth-order valence-corrected chi connectivity index (χ4v) is 8.50. The molecule has 0 fully saturated rings. The van der Waals surface area contributed by atoms with Crippen LogP contribution < -0.4 is 0 Å². The van der Waals surface area contributed by atoms with E-state index in [0.29, 0.717) is 0 Å². The third kappa shape index (κ3) is 4.12. The van der Waals surface area contributed by atoms with E-state index in [9.17, 15) is 0 Å². The second kappa shape index (κ2) is 10.8. The monoisotopic (exact) mass is 649 g/mol. The van der Waals surface area contributed by atoms with Crippen LogP contribution in [0.5, 0.6) is 0 Å². The summed E-state index contributed by atoms with van der Waals surface area (Å²) in [4.78, 5) is 11.6. The smallest absolute Gasteiger partial charge is 0.0551 e. The van der Waals surface area contributed by atoms with Gasteiger partial charge in [0, 0.05) is 71.1 Å². The van der Waals surface area contributed by atoms with Crippen LogP contribution >= 0.6 is 0 Å². The fourth-order valence-electron chi connectivity index (χ4n) is 8.50. The number of aromatic nitrogens is 3. The summed E-state index contributed by atoms with van der Waals surface area (Å²) in [5.41, 5.74) is 16.3. The van der Waals surface area contributed by atoms with E-state index < -0.39 is 0 Å². The van der Waals surface area contributed by atoms with Gasteiger partial charge in [0.25, 0.3) is 0 Å². The molecule has 0 unspecified atom stereocenters. The summed E-state index contributed by atoms with van der Waals surface area (Å²) in [6.07, 6.45) is 0. The summed E-state index contributed by atoms with van der Waals surface area (Å²) >= 11 is 0. The summed E-state index contributed by atoms with van der Waals surface area (Å²) in [5.74, 6) is 0. The van der Waals surface area contributed by atoms with Gasteiger partial charge in [-0.15, -0.1) is 0 Å². The molecule has 3 heteroatoms. The SMILES string of the molecule is c1ccc(-c2ccccc2-c2c(-c3cccc4c3[nH]c3ccccc34)c(-c3cccc4c3[nH]c3ccccc34)cc3c2[nH]c2ccccc23)cc1. The highest BCUT2D eigenvalue weighted by atomic mass is 14.7. The van der Waals surface area contributed by atoms with E-state index in [2.05, 4.69) is 185 Å². The van der Waals surface area contributed by atoms with Crippen molar-refractivity contribution in [3.63, 3.8) is 0 Å². The molecule has 0 saturated heterocycles. The van der Waals surface area contributed by atoms with Crippen LogP contribution in [-0.2, 0) is 0 Å². The minimum absolute atomic E-state index is 1.13. The Hall–Kier alpha value is -6.84. The second-order valence-electron chi connectivity index (χ2n) is 13.5. The molecule has 3 heterocycles. The van der Waals surface area contributed by atoms with Crippen molar-refractivity contribution in [3.8, 4) is 44.5 Å². The van der Waals surface area contributed by atoms with E-state index in [4.69, 9.17) is 0 Å². The first kappa shape index (κ1) is 28.0. The first-order chi connectivity index (χ1) is 25.3. The molecular formula is C48H31N3. The van der Waals surface area contributed by atoms with Crippen molar-refractivity contribution in [1.82, 2.24) is 15.0 Å². The van der Waals surface area contributed by atoms with Crippen LogP contribution in [0.2, 0.25) is 0 Å². The van der Waals surface area contributed by atoms with Crippen molar-refractivity contribution in [1.29, 1.82) is 0 Å². The second-order valence-corrected chi connectivity index (χ2v) is 13.5. The average molecular weight is 650 g/mol. The highest BCUT2D eigenvalue weighted by Gasteiger charge is 2.26. The average Bonchev–Trinajstić information content (AvgIpc) is 3.89. The maximum atomic E-state index is 3.93. The van der Waals surface area contributed by atoms with E-state index in [1.807, 2.05) is 0 Å². The van der Waals surface area contributed by atoms with Crippen molar-refractivity contribution in [2.24, 2.45) is 0 Å². The van der Waals surface area contributed by atoms with Crippen LogP contribution in [-0.4, -0.2) is 15.0 Å². The van der Waals surface area contributed by atoms with Gasteiger partial charge in [0.05, 0.1) is 16.6 Å². The molecule has 11 rings (SSSR count). The summed E-state index contributed by atoms with van der Waals surface area (Å²) in [6, 6.07) is 61.6. The Morgan fingerprint density at radius 3 is 1.35 bits per heavy atom. The van der Waals surface area contributed by atoms with Gasteiger partial charge in [-0.1, -0.05) is 146 Å². The number of benzene rings is 8. The van der Waals surface area contributed by atoms with Gasteiger partial charge in [0.2, 0.25) is 0 Å². The lowest BCUT2D eigenvalue weighted by molar-refractivity contribution is 1.50. The van der Waals surface area contributed by atoms with Gasteiger partial charge in [0.15, 0.2) is 0 Å². The van der Waals surface area contributed by atoms with Gasteiger partial charge in [-0.2, -0.15) is 0 Å². The Labute approximate surface area is 293 Å². The molecule has 11 aromatic rings. The third-order valence-electron chi connectivity index (χ3n) is 10.7. The summed E-state index contributed by atoms with van der Waals surface area (Å²) < 4.78 is 0. The molecule has 0 saturated carbocycles. The van der Waals surface area contributed by atoms with E-state index in [-0.39, 0.29) is 0 Å². The number of nitrogens with one attached hydrogen (secondary N) is 3. The normalized spacial score (nSPS) is 11.9. The molecule has 8 aromatic carbocycles. The van der Waals surface area contributed by atoms with Gasteiger partial charge in [-0.25, -0.2) is 0 Å². The van der Waals surface area contributed by atoms with Crippen LogP contribution in [0.25, 0.3) is 110 Å². The fraction of sp³-hybridized carbons (Fsp3) is 0. The van der Waals surface area contributed by atoms with Crippen LogP contribution in [0.3, 0.4) is 0 Å². The number of aromatic amines is 3. The molecule has 0 spiro atoms. The predicted molar refractivity (Wildman–Crippen MR) is 216 cm³/mol. The first-order valence-corrected chi connectivity index (χ1v) is 17.5. The van der Waals surface area contributed by atoms with Gasteiger partial charge >= 0.3 is 0 Å². The molecule has 238 valence electrons. The maximum absolute atomic E-state index is 3.93. The summed E-state index contributed by atoms with van der Waals surface area (Å²) in [7, 11) is 0. The number of hydrogen-bond acceptors (Lipinski definition) is 0. The minimum atomic E-state index is 1.13. The Kier molecular flexibility index (Phi) is 5.96. The molecule has 0 aliphatic carbocycles. The van der Waals surface area contributed by atoms with E-state index >= 15 is 0 Å². The molecular weight excluding hydrogens is 619 g/mol. The van der Waals surface area contributed by atoms with Crippen LogP contribution in [0, 0.1) is 0 Å². The highest BCUT2D eigenvalue weighted by molar-refractivity contribution is 6.23. The number of para-hydroxylation sites is 5. The van der Waals surface area contributed by atoms with E-state index in [0.717, 1.165) is 33.1 Å².